The molecular formula is C15H16FN3O3S. The van der Waals surface area contributed by atoms with Crippen LogP contribution in [0.25, 0.3) is 11.0 Å². The highest BCUT2D eigenvalue weighted by Crippen LogP contribution is 2.27. The first-order valence-corrected chi connectivity index (χ1v) is 8.76. The van der Waals surface area contributed by atoms with E-state index in [1.54, 1.807) is 6.07 Å². The molecule has 1 atom stereocenters. The van der Waals surface area contributed by atoms with Crippen molar-refractivity contribution < 1.29 is 17.1 Å². The summed E-state index contributed by atoms with van der Waals surface area (Å²) in [6.07, 6.45) is 0.00312. The van der Waals surface area contributed by atoms with Gasteiger partial charge in [0.1, 0.15) is 5.82 Å². The molecule has 0 saturated carbocycles. The van der Waals surface area contributed by atoms with E-state index in [1.165, 1.54) is 4.90 Å². The van der Waals surface area contributed by atoms with Gasteiger partial charge in [0.15, 0.2) is 5.65 Å². The molecule has 3 heterocycles. The lowest BCUT2D eigenvalue weighted by molar-refractivity contribution is -0.117. The normalized spacial score (nSPS) is 18.8. The lowest BCUT2D eigenvalue weighted by Crippen LogP contribution is -2.26. The minimum Gasteiger partial charge on any atom is -0.296 e. The maximum absolute atomic E-state index is 12.8. The number of hydrogen-bond donors (Lipinski definition) is 0. The molecule has 1 aliphatic rings. The van der Waals surface area contributed by atoms with Crippen LogP contribution in [0.2, 0.25) is 0 Å². The largest absolute Gasteiger partial charge is 0.302 e. The molecule has 2 aromatic rings. The summed E-state index contributed by atoms with van der Waals surface area (Å²) in [7, 11) is -4.59. The highest BCUT2D eigenvalue weighted by molar-refractivity contribution is 7.86. The van der Waals surface area contributed by atoms with Crippen molar-refractivity contribution in [2.75, 3.05) is 17.2 Å². The van der Waals surface area contributed by atoms with Crippen LogP contribution < -0.4 is 4.90 Å². The van der Waals surface area contributed by atoms with Crippen molar-refractivity contribution in [3.8, 4) is 0 Å². The van der Waals surface area contributed by atoms with Gasteiger partial charge in [-0.15, -0.1) is 3.89 Å². The summed E-state index contributed by atoms with van der Waals surface area (Å²) in [5, 5.41) is 0.897. The molecule has 0 bridgehead atoms. The van der Waals surface area contributed by atoms with E-state index in [1.807, 2.05) is 26.0 Å². The van der Waals surface area contributed by atoms with Gasteiger partial charge in [0.05, 0.1) is 5.75 Å². The first-order chi connectivity index (χ1) is 10.7. The highest BCUT2D eigenvalue weighted by Gasteiger charge is 2.34. The first kappa shape index (κ1) is 15.8. The Morgan fingerprint density at radius 2 is 2.04 bits per heavy atom. The van der Waals surface area contributed by atoms with E-state index >= 15 is 0 Å². The topological polar surface area (TPSA) is 80.2 Å². The fourth-order valence-corrected chi connectivity index (χ4v) is 3.75. The SMILES string of the molecule is Cc1cc(C)c2ccc(N3CC(CS(=O)(=O)F)CC3=O)nc2n1. The number of carbonyl (C=O) groups excluding carboxylic acids is 1. The molecular weight excluding hydrogens is 321 g/mol. The second-order valence-corrected chi connectivity index (χ2v) is 7.31. The molecule has 1 fully saturated rings. The fourth-order valence-electron chi connectivity index (χ4n) is 2.97. The number of halogens is 1. The smallest absolute Gasteiger partial charge is 0.296 e. The molecule has 0 N–H and O–H groups in total. The quantitative estimate of drug-likeness (QED) is 0.799. The van der Waals surface area contributed by atoms with Crippen LogP contribution in [0, 0.1) is 19.8 Å². The second kappa shape index (κ2) is 5.52. The van der Waals surface area contributed by atoms with Crippen LogP contribution in [-0.4, -0.2) is 36.6 Å². The van der Waals surface area contributed by atoms with E-state index in [9.17, 15) is 17.1 Å². The third kappa shape index (κ3) is 3.31. The minimum atomic E-state index is -4.59. The number of hydrogen-bond acceptors (Lipinski definition) is 5. The molecule has 23 heavy (non-hydrogen) atoms. The van der Waals surface area contributed by atoms with Crippen LogP contribution >= 0.6 is 0 Å². The van der Waals surface area contributed by atoms with Gasteiger partial charge in [0, 0.05) is 30.0 Å². The summed E-state index contributed by atoms with van der Waals surface area (Å²) < 4.78 is 34.3. The number of rotatable bonds is 3. The first-order valence-electron chi connectivity index (χ1n) is 7.20. The number of carbonyl (C=O) groups is 1. The molecule has 8 heteroatoms. The lowest BCUT2D eigenvalue weighted by atomic mass is 10.1. The number of fused-ring (bicyclic) bond motifs is 1. The van der Waals surface area contributed by atoms with Crippen LogP contribution in [0.1, 0.15) is 17.7 Å². The summed E-state index contributed by atoms with van der Waals surface area (Å²) in [6.45, 7) is 3.97. The Kier molecular flexibility index (Phi) is 3.79. The standard InChI is InChI=1S/C15H16FN3O3S/c1-9-5-10(2)17-15-12(9)3-4-13(18-15)19-7-11(6-14(19)20)8-23(16,21)22/h3-5,11H,6-8H2,1-2H3. The van der Waals surface area contributed by atoms with Gasteiger partial charge in [0.2, 0.25) is 5.91 Å². The van der Waals surface area contributed by atoms with Gasteiger partial charge in [-0.3, -0.25) is 9.69 Å². The van der Waals surface area contributed by atoms with Gasteiger partial charge >= 0.3 is 10.2 Å². The summed E-state index contributed by atoms with van der Waals surface area (Å²) in [4.78, 5) is 22.3. The third-order valence-corrected chi connectivity index (χ3v) is 4.78. The Bertz CT molecular complexity index is 898. The van der Waals surface area contributed by atoms with Gasteiger partial charge in [-0.25, -0.2) is 9.97 Å². The lowest BCUT2D eigenvalue weighted by Gasteiger charge is -2.16. The molecule has 0 aromatic carbocycles. The van der Waals surface area contributed by atoms with Gasteiger partial charge in [0.25, 0.3) is 0 Å². The number of pyridine rings is 2. The molecule has 1 unspecified atom stereocenters. The molecule has 6 nitrogen and oxygen atoms in total. The molecule has 122 valence electrons. The molecule has 1 amide bonds. The van der Waals surface area contributed by atoms with Crippen LogP contribution in [0.4, 0.5) is 9.70 Å². The zero-order valence-corrected chi connectivity index (χ0v) is 13.6. The van der Waals surface area contributed by atoms with Crippen LogP contribution in [-0.2, 0) is 15.0 Å². The number of aryl methyl sites for hydroxylation is 2. The molecule has 1 saturated heterocycles. The highest BCUT2D eigenvalue weighted by atomic mass is 32.3. The molecule has 0 spiro atoms. The van der Waals surface area contributed by atoms with E-state index in [0.717, 1.165) is 16.6 Å². The summed E-state index contributed by atoms with van der Waals surface area (Å²) in [5.41, 5.74) is 2.41. The second-order valence-electron chi connectivity index (χ2n) is 5.90. The Hall–Kier alpha value is -2.09. The molecule has 1 aliphatic heterocycles. The maximum atomic E-state index is 12.8. The molecule has 2 aromatic heterocycles. The predicted molar refractivity (Wildman–Crippen MR) is 84.4 cm³/mol. The Labute approximate surface area is 133 Å². The van der Waals surface area contributed by atoms with E-state index in [-0.39, 0.29) is 18.9 Å². The van der Waals surface area contributed by atoms with E-state index in [4.69, 9.17) is 0 Å². The van der Waals surface area contributed by atoms with Crippen molar-refractivity contribution in [2.24, 2.45) is 5.92 Å². The zero-order valence-electron chi connectivity index (χ0n) is 12.8. The molecule has 3 rings (SSSR count). The van der Waals surface area contributed by atoms with Crippen LogP contribution in [0.3, 0.4) is 0 Å². The number of nitrogens with zero attached hydrogens (tertiary/aromatic N) is 3. The summed E-state index contributed by atoms with van der Waals surface area (Å²) in [6, 6.07) is 5.50. The van der Waals surface area contributed by atoms with Crippen molar-refractivity contribution in [2.45, 2.75) is 20.3 Å². The van der Waals surface area contributed by atoms with Crippen LogP contribution in [0.5, 0.6) is 0 Å². The van der Waals surface area contributed by atoms with Crippen molar-refractivity contribution in [1.29, 1.82) is 0 Å². The van der Waals surface area contributed by atoms with Crippen molar-refractivity contribution >= 4 is 33.0 Å². The summed E-state index contributed by atoms with van der Waals surface area (Å²) >= 11 is 0. The van der Waals surface area contributed by atoms with Crippen molar-refractivity contribution in [3.63, 3.8) is 0 Å². The number of anilines is 1. The van der Waals surface area contributed by atoms with E-state index in [0.29, 0.717) is 11.5 Å². The molecule has 0 radical (unpaired) electrons. The summed E-state index contributed by atoms with van der Waals surface area (Å²) in [5.74, 6) is -1.03. The molecule has 0 aliphatic carbocycles. The third-order valence-electron chi connectivity index (χ3n) is 3.91. The monoisotopic (exact) mass is 337 g/mol. The number of aromatic nitrogens is 2. The van der Waals surface area contributed by atoms with Crippen LogP contribution in [0.15, 0.2) is 18.2 Å². The van der Waals surface area contributed by atoms with Gasteiger partial charge in [-0.2, -0.15) is 8.42 Å². The Morgan fingerprint density at radius 1 is 1.30 bits per heavy atom. The number of amides is 1. The predicted octanol–water partition coefficient (Wildman–Crippen LogP) is 1.90. The van der Waals surface area contributed by atoms with Gasteiger partial charge in [-0.1, -0.05) is 0 Å². The average Bonchev–Trinajstić information content (AvgIpc) is 2.76. The van der Waals surface area contributed by atoms with E-state index in [2.05, 4.69) is 9.97 Å². The van der Waals surface area contributed by atoms with Gasteiger partial charge in [-0.05, 0) is 37.6 Å². The Balaban J connectivity index is 1.93. The minimum absolute atomic E-state index is 0.00312. The maximum Gasteiger partial charge on any atom is 0.302 e. The van der Waals surface area contributed by atoms with Crippen molar-refractivity contribution in [1.82, 2.24) is 9.97 Å². The van der Waals surface area contributed by atoms with E-state index < -0.39 is 21.9 Å². The Morgan fingerprint density at radius 3 is 2.74 bits per heavy atom. The average molecular weight is 337 g/mol. The zero-order chi connectivity index (χ0) is 16.8. The fraction of sp³-hybridized carbons (Fsp3) is 0.400. The van der Waals surface area contributed by atoms with Gasteiger partial charge < -0.3 is 0 Å². The van der Waals surface area contributed by atoms with Crippen molar-refractivity contribution in [3.05, 3.63) is 29.5 Å².